The van der Waals surface area contributed by atoms with Crippen molar-refractivity contribution in [3.8, 4) is 0 Å². The summed E-state index contributed by atoms with van der Waals surface area (Å²) in [6, 6.07) is 15.5. The standard InChI is InChI=1S/C20H26NO5P/c1-14(2)25-27(24,26-15(3)4)19(16-8-6-5-7-9-16)21-18-12-10-17(11-13-18)20(22)23/h5-15,19,21H,1-4H3,(H,22,23)/t19-/m1/s1. The van der Waals surface area contributed by atoms with Gasteiger partial charge in [0.15, 0.2) is 5.78 Å². The number of benzene rings is 2. The van der Waals surface area contributed by atoms with Gasteiger partial charge in [-0.15, -0.1) is 0 Å². The van der Waals surface area contributed by atoms with Gasteiger partial charge in [-0.05, 0) is 57.5 Å². The van der Waals surface area contributed by atoms with Crippen LogP contribution < -0.4 is 5.32 Å². The van der Waals surface area contributed by atoms with Gasteiger partial charge >= 0.3 is 13.6 Å². The average molecular weight is 391 g/mol. The Labute approximate surface area is 160 Å². The first-order valence-corrected chi connectivity index (χ1v) is 10.4. The summed E-state index contributed by atoms with van der Waals surface area (Å²) < 4.78 is 25.3. The van der Waals surface area contributed by atoms with E-state index in [2.05, 4.69) is 5.32 Å². The molecule has 2 N–H and O–H groups in total. The number of hydrogen-bond acceptors (Lipinski definition) is 5. The van der Waals surface area contributed by atoms with E-state index in [1.807, 2.05) is 30.3 Å². The van der Waals surface area contributed by atoms with E-state index in [0.717, 1.165) is 5.56 Å². The molecule has 0 aliphatic heterocycles. The zero-order valence-corrected chi connectivity index (χ0v) is 16.9. The fourth-order valence-electron chi connectivity index (χ4n) is 2.58. The molecule has 1 atom stereocenters. The van der Waals surface area contributed by atoms with Crippen LogP contribution in [0.15, 0.2) is 54.6 Å². The molecule has 7 heteroatoms. The molecule has 0 saturated carbocycles. The highest BCUT2D eigenvalue weighted by atomic mass is 31.2. The number of aromatic carboxylic acids is 1. The molecule has 0 aromatic heterocycles. The molecule has 2 aromatic rings. The molecule has 0 aliphatic carbocycles. The quantitative estimate of drug-likeness (QED) is 0.546. The first-order valence-electron chi connectivity index (χ1n) is 8.82. The van der Waals surface area contributed by atoms with Crippen molar-refractivity contribution >= 4 is 19.3 Å². The van der Waals surface area contributed by atoms with Gasteiger partial charge in [0.25, 0.3) is 0 Å². The largest absolute Gasteiger partial charge is 0.478 e. The molecule has 0 bridgehead atoms. The predicted molar refractivity (Wildman–Crippen MR) is 106 cm³/mol. The maximum absolute atomic E-state index is 13.7. The third-order valence-electron chi connectivity index (χ3n) is 3.58. The molecule has 0 saturated heterocycles. The minimum Gasteiger partial charge on any atom is -0.478 e. The van der Waals surface area contributed by atoms with Gasteiger partial charge in [-0.1, -0.05) is 30.3 Å². The summed E-state index contributed by atoms with van der Waals surface area (Å²) in [5.41, 5.74) is 1.55. The Morgan fingerprint density at radius 2 is 1.44 bits per heavy atom. The topological polar surface area (TPSA) is 84.9 Å². The molecule has 0 fully saturated rings. The number of carboxylic acids is 1. The number of hydrogen-bond donors (Lipinski definition) is 2. The number of carboxylic acid groups (broad SMARTS) is 1. The molecule has 0 radical (unpaired) electrons. The lowest BCUT2D eigenvalue weighted by molar-refractivity contribution is 0.0696. The van der Waals surface area contributed by atoms with Gasteiger partial charge in [-0.2, -0.15) is 0 Å². The van der Waals surface area contributed by atoms with E-state index in [-0.39, 0.29) is 17.8 Å². The fraction of sp³-hybridized carbons (Fsp3) is 0.350. The molecule has 2 aromatic carbocycles. The molecule has 0 spiro atoms. The maximum Gasteiger partial charge on any atom is 0.357 e. The number of anilines is 1. The van der Waals surface area contributed by atoms with E-state index in [0.29, 0.717) is 5.69 Å². The average Bonchev–Trinajstić information content (AvgIpc) is 2.59. The van der Waals surface area contributed by atoms with Crippen molar-refractivity contribution in [2.75, 3.05) is 5.32 Å². The zero-order chi connectivity index (χ0) is 20.0. The van der Waals surface area contributed by atoms with Crippen LogP contribution in [0, 0.1) is 0 Å². The Hall–Kier alpha value is -2.14. The fourth-order valence-corrected chi connectivity index (χ4v) is 4.89. The molecule has 6 nitrogen and oxygen atoms in total. The van der Waals surface area contributed by atoms with Crippen molar-refractivity contribution in [1.29, 1.82) is 0 Å². The maximum atomic E-state index is 13.7. The van der Waals surface area contributed by atoms with Crippen LogP contribution in [0.4, 0.5) is 5.69 Å². The summed E-state index contributed by atoms with van der Waals surface area (Å²) in [4.78, 5) is 11.1. The van der Waals surface area contributed by atoms with Crippen LogP contribution in [0.2, 0.25) is 0 Å². The lowest BCUT2D eigenvalue weighted by atomic mass is 10.2. The van der Waals surface area contributed by atoms with Crippen molar-refractivity contribution in [1.82, 2.24) is 0 Å². The van der Waals surface area contributed by atoms with Crippen LogP contribution in [-0.2, 0) is 13.6 Å². The second-order valence-electron chi connectivity index (χ2n) is 6.69. The van der Waals surface area contributed by atoms with E-state index >= 15 is 0 Å². The molecule has 2 rings (SSSR count). The van der Waals surface area contributed by atoms with Crippen molar-refractivity contribution in [2.45, 2.75) is 45.7 Å². The highest BCUT2D eigenvalue weighted by Crippen LogP contribution is 2.62. The molecule has 0 unspecified atom stereocenters. The predicted octanol–water partition coefficient (Wildman–Crippen LogP) is 5.54. The van der Waals surface area contributed by atoms with Crippen molar-refractivity contribution in [2.24, 2.45) is 0 Å². The van der Waals surface area contributed by atoms with E-state index in [4.69, 9.17) is 14.2 Å². The van der Waals surface area contributed by atoms with E-state index in [1.54, 1.807) is 39.8 Å². The first kappa shape index (κ1) is 21.2. The molecular weight excluding hydrogens is 365 g/mol. The summed E-state index contributed by atoms with van der Waals surface area (Å²) in [5, 5.41) is 12.3. The molecule has 0 amide bonds. The molecular formula is C20H26NO5P. The highest BCUT2D eigenvalue weighted by Gasteiger charge is 2.39. The molecule has 27 heavy (non-hydrogen) atoms. The lowest BCUT2D eigenvalue weighted by Crippen LogP contribution is -2.19. The summed E-state index contributed by atoms with van der Waals surface area (Å²) in [7, 11) is -3.59. The second-order valence-corrected chi connectivity index (χ2v) is 8.71. The smallest absolute Gasteiger partial charge is 0.357 e. The number of nitrogens with one attached hydrogen (secondary N) is 1. The Morgan fingerprint density at radius 1 is 0.926 bits per heavy atom. The molecule has 146 valence electrons. The Bertz CT molecular complexity index is 776. The second kappa shape index (κ2) is 9.18. The Balaban J connectivity index is 2.43. The van der Waals surface area contributed by atoms with Crippen LogP contribution in [0.25, 0.3) is 0 Å². The minimum absolute atomic E-state index is 0.178. The van der Waals surface area contributed by atoms with Gasteiger partial charge in [0, 0.05) is 5.69 Å². The van der Waals surface area contributed by atoms with Gasteiger partial charge in [0.05, 0.1) is 17.8 Å². The third kappa shape index (κ3) is 5.93. The van der Waals surface area contributed by atoms with Crippen molar-refractivity contribution in [3.63, 3.8) is 0 Å². The number of rotatable bonds is 9. The van der Waals surface area contributed by atoms with Crippen molar-refractivity contribution in [3.05, 3.63) is 65.7 Å². The zero-order valence-electron chi connectivity index (χ0n) is 16.0. The monoisotopic (exact) mass is 391 g/mol. The van der Waals surface area contributed by atoms with E-state index in [9.17, 15) is 9.36 Å². The molecule has 0 aliphatic rings. The Kier molecular flexibility index (Phi) is 7.19. The van der Waals surface area contributed by atoms with Gasteiger partial charge in [0.2, 0.25) is 0 Å². The normalized spacial score (nSPS) is 13.0. The summed E-state index contributed by atoms with van der Waals surface area (Å²) in [6.07, 6.45) is -0.589. The minimum atomic E-state index is -3.59. The Morgan fingerprint density at radius 3 is 1.89 bits per heavy atom. The van der Waals surface area contributed by atoms with Crippen LogP contribution in [-0.4, -0.2) is 23.3 Å². The summed E-state index contributed by atoms with van der Waals surface area (Å²) in [6.45, 7) is 7.22. The van der Waals surface area contributed by atoms with Gasteiger partial charge in [0.1, 0.15) is 0 Å². The van der Waals surface area contributed by atoms with Crippen LogP contribution in [0.1, 0.15) is 49.4 Å². The van der Waals surface area contributed by atoms with Crippen LogP contribution >= 0.6 is 7.60 Å². The summed E-state index contributed by atoms with van der Waals surface area (Å²) >= 11 is 0. The lowest BCUT2D eigenvalue weighted by Gasteiger charge is -2.31. The highest BCUT2D eigenvalue weighted by molar-refractivity contribution is 7.54. The summed E-state index contributed by atoms with van der Waals surface area (Å²) in [5.74, 6) is -1.74. The van der Waals surface area contributed by atoms with Gasteiger partial charge < -0.3 is 19.5 Å². The third-order valence-corrected chi connectivity index (χ3v) is 6.07. The number of carbonyl (C=O) groups is 1. The van der Waals surface area contributed by atoms with Gasteiger partial charge in [-0.25, -0.2) is 4.79 Å². The van der Waals surface area contributed by atoms with Crippen LogP contribution in [0.3, 0.4) is 0 Å². The van der Waals surface area contributed by atoms with Crippen molar-refractivity contribution < 1.29 is 23.5 Å². The molecule has 0 heterocycles. The first-order chi connectivity index (χ1) is 12.7. The van der Waals surface area contributed by atoms with E-state index in [1.165, 1.54) is 12.1 Å². The van der Waals surface area contributed by atoms with Gasteiger partial charge in [-0.3, -0.25) is 4.57 Å². The van der Waals surface area contributed by atoms with Crippen LogP contribution in [0.5, 0.6) is 0 Å². The SMILES string of the molecule is CC(C)OP(=O)(OC(C)C)[C@@H](Nc1ccc(C(=O)O)cc1)c1ccccc1. The van der Waals surface area contributed by atoms with E-state index < -0.39 is 19.3 Å².